The van der Waals surface area contributed by atoms with Gasteiger partial charge in [0.25, 0.3) is 0 Å². The Labute approximate surface area is 120 Å². The van der Waals surface area contributed by atoms with Gasteiger partial charge < -0.3 is 10.1 Å². The van der Waals surface area contributed by atoms with Gasteiger partial charge in [-0.05, 0) is 32.6 Å². The van der Waals surface area contributed by atoms with Gasteiger partial charge in [0.05, 0.1) is 11.7 Å². The molecule has 2 unspecified atom stereocenters. The highest BCUT2D eigenvalue weighted by Crippen LogP contribution is 2.27. The monoisotopic (exact) mass is 270 g/mol. The van der Waals surface area contributed by atoms with Gasteiger partial charge in [0.1, 0.15) is 0 Å². The molecule has 1 aliphatic heterocycles. The number of hydrogen-bond acceptors (Lipinski definition) is 3. The van der Waals surface area contributed by atoms with Crippen LogP contribution >= 0.6 is 0 Å². The molecule has 19 heavy (non-hydrogen) atoms. The van der Waals surface area contributed by atoms with E-state index in [1.54, 1.807) is 0 Å². The Hall–Kier alpha value is -0.120. The lowest BCUT2D eigenvalue weighted by molar-refractivity contribution is -0.134. The summed E-state index contributed by atoms with van der Waals surface area (Å²) < 4.78 is 5.99. The summed E-state index contributed by atoms with van der Waals surface area (Å²) in [6, 6.07) is 0.561. The van der Waals surface area contributed by atoms with Gasteiger partial charge in [0.15, 0.2) is 0 Å². The first-order chi connectivity index (χ1) is 8.66. The van der Waals surface area contributed by atoms with Crippen LogP contribution in [-0.2, 0) is 4.74 Å². The minimum atomic E-state index is -0.0161. The molecular formula is C16H34N2O. The predicted octanol–water partition coefficient (Wildman–Crippen LogP) is 2.90. The lowest BCUT2D eigenvalue weighted by Crippen LogP contribution is -2.55. The van der Waals surface area contributed by atoms with E-state index in [1.807, 2.05) is 0 Å². The summed E-state index contributed by atoms with van der Waals surface area (Å²) in [5.74, 6) is 0. The van der Waals surface area contributed by atoms with Crippen molar-refractivity contribution in [2.24, 2.45) is 5.41 Å². The normalized spacial score (nSPS) is 27.5. The number of rotatable bonds is 6. The topological polar surface area (TPSA) is 24.5 Å². The number of ether oxygens (including phenoxy) is 1. The van der Waals surface area contributed by atoms with Crippen molar-refractivity contribution in [1.82, 2.24) is 10.2 Å². The highest BCUT2D eigenvalue weighted by Gasteiger charge is 2.34. The molecule has 0 saturated carbocycles. The molecule has 1 rings (SSSR count). The van der Waals surface area contributed by atoms with Gasteiger partial charge in [-0.1, -0.05) is 27.7 Å². The van der Waals surface area contributed by atoms with Gasteiger partial charge in [-0.2, -0.15) is 0 Å². The molecule has 0 aliphatic carbocycles. The molecule has 0 amide bonds. The fourth-order valence-electron chi connectivity index (χ4n) is 2.99. The molecule has 1 heterocycles. The van der Waals surface area contributed by atoms with Crippen molar-refractivity contribution in [2.75, 3.05) is 26.2 Å². The summed E-state index contributed by atoms with van der Waals surface area (Å²) in [5.41, 5.74) is 0.329. The Morgan fingerprint density at radius 2 is 2.05 bits per heavy atom. The van der Waals surface area contributed by atoms with Crippen molar-refractivity contribution >= 4 is 0 Å². The zero-order valence-corrected chi connectivity index (χ0v) is 14.0. The first kappa shape index (κ1) is 16.9. The zero-order chi connectivity index (χ0) is 14.7. The van der Waals surface area contributed by atoms with Crippen LogP contribution in [0.15, 0.2) is 0 Å². The summed E-state index contributed by atoms with van der Waals surface area (Å²) in [6.07, 6.45) is 1.54. The third-order valence-corrected chi connectivity index (χ3v) is 4.04. The average molecular weight is 270 g/mol. The molecule has 3 heteroatoms. The fourth-order valence-corrected chi connectivity index (χ4v) is 2.99. The van der Waals surface area contributed by atoms with Crippen molar-refractivity contribution < 1.29 is 4.74 Å². The summed E-state index contributed by atoms with van der Waals surface area (Å²) in [5, 5.41) is 3.60. The van der Waals surface area contributed by atoms with Gasteiger partial charge in [0, 0.05) is 32.2 Å². The molecule has 0 bridgehead atoms. The standard InChI is InChI=1S/C16H34N2O/c1-8-16(7,10-17-13(2)3)12-18-9-14(4)19-15(5,6)11-18/h13-14,17H,8-12H2,1-7H3. The summed E-state index contributed by atoms with van der Waals surface area (Å²) in [7, 11) is 0. The fraction of sp³-hybridized carbons (Fsp3) is 1.00. The molecule has 114 valence electrons. The van der Waals surface area contributed by atoms with Crippen LogP contribution < -0.4 is 5.32 Å². The second-order valence-electron chi connectivity index (χ2n) is 7.56. The minimum Gasteiger partial charge on any atom is -0.370 e. The second-order valence-corrected chi connectivity index (χ2v) is 7.56. The summed E-state index contributed by atoms with van der Waals surface area (Å²) >= 11 is 0. The Bertz CT molecular complexity index is 278. The molecule has 0 aromatic heterocycles. The number of hydrogen-bond donors (Lipinski definition) is 1. The molecule has 3 nitrogen and oxygen atoms in total. The molecular weight excluding hydrogens is 236 g/mol. The van der Waals surface area contributed by atoms with E-state index in [0.29, 0.717) is 17.6 Å². The number of morpholine rings is 1. The van der Waals surface area contributed by atoms with Crippen LogP contribution in [0.2, 0.25) is 0 Å². The molecule has 0 spiro atoms. The lowest BCUT2D eigenvalue weighted by Gasteiger charge is -2.45. The van der Waals surface area contributed by atoms with E-state index in [1.165, 1.54) is 6.42 Å². The first-order valence-corrected chi connectivity index (χ1v) is 7.79. The van der Waals surface area contributed by atoms with Crippen LogP contribution in [0.25, 0.3) is 0 Å². The summed E-state index contributed by atoms with van der Waals surface area (Å²) in [4.78, 5) is 2.58. The van der Waals surface area contributed by atoms with E-state index in [2.05, 4.69) is 58.7 Å². The average Bonchev–Trinajstić information content (AvgIpc) is 2.23. The van der Waals surface area contributed by atoms with Crippen LogP contribution in [0.5, 0.6) is 0 Å². The smallest absolute Gasteiger partial charge is 0.0757 e. The minimum absolute atomic E-state index is 0.0161. The highest BCUT2D eigenvalue weighted by molar-refractivity contribution is 4.87. The molecule has 1 aliphatic rings. The van der Waals surface area contributed by atoms with Crippen LogP contribution in [0.1, 0.15) is 54.9 Å². The third-order valence-electron chi connectivity index (χ3n) is 4.04. The van der Waals surface area contributed by atoms with Crippen molar-refractivity contribution in [2.45, 2.75) is 72.6 Å². The molecule has 0 aromatic rings. The molecule has 0 aromatic carbocycles. The van der Waals surface area contributed by atoms with Gasteiger partial charge in [-0.3, -0.25) is 4.90 Å². The van der Waals surface area contributed by atoms with Gasteiger partial charge in [-0.15, -0.1) is 0 Å². The summed E-state index contributed by atoms with van der Waals surface area (Å²) in [6.45, 7) is 20.1. The third kappa shape index (κ3) is 5.80. The van der Waals surface area contributed by atoms with E-state index >= 15 is 0 Å². The number of nitrogens with zero attached hydrogens (tertiary/aromatic N) is 1. The second kappa shape index (κ2) is 6.55. The molecule has 0 radical (unpaired) electrons. The quantitative estimate of drug-likeness (QED) is 0.803. The Balaban J connectivity index is 2.59. The van der Waals surface area contributed by atoms with E-state index in [-0.39, 0.29) is 5.60 Å². The van der Waals surface area contributed by atoms with Crippen LogP contribution in [0, 0.1) is 5.41 Å². The largest absolute Gasteiger partial charge is 0.370 e. The van der Waals surface area contributed by atoms with E-state index < -0.39 is 0 Å². The molecule has 1 fully saturated rings. The van der Waals surface area contributed by atoms with E-state index in [9.17, 15) is 0 Å². The van der Waals surface area contributed by atoms with Crippen LogP contribution in [0.3, 0.4) is 0 Å². The van der Waals surface area contributed by atoms with E-state index in [4.69, 9.17) is 4.74 Å². The van der Waals surface area contributed by atoms with Gasteiger partial charge in [-0.25, -0.2) is 0 Å². The Kier molecular flexibility index (Phi) is 5.84. The molecule has 2 atom stereocenters. The lowest BCUT2D eigenvalue weighted by atomic mass is 9.85. The molecule has 1 N–H and O–H groups in total. The van der Waals surface area contributed by atoms with Crippen molar-refractivity contribution in [3.8, 4) is 0 Å². The molecule has 1 saturated heterocycles. The zero-order valence-electron chi connectivity index (χ0n) is 14.0. The van der Waals surface area contributed by atoms with Gasteiger partial charge >= 0.3 is 0 Å². The maximum atomic E-state index is 5.99. The Morgan fingerprint density at radius 1 is 1.42 bits per heavy atom. The maximum absolute atomic E-state index is 5.99. The van der Waals surface area contributed by atoms with Crippen LogP contribution in [-0.4, -0.2) is 48.8 Å². The number of nitrogens with one attached hydrogen (secondary N) is 1. The van der Waals surface area contributed by atoms with Crippen molar-refractivity contribution in [3.05, 3.63) is 0 Å². The SMILES string of the molecule is CCC(C)(CNC(C)C)CN1CC(C)OC(C)(C)C1. The van der Waals surface area contributed by atoms with E-state index in [0.717, 1.165) is 26.2 Å². The first-order valence-electron chi connectivity index (χ1n) is 7.79. The van der Waals surface area contributed by atoms with Crippen molar-refractivity contribution in [3.63, 3.8) is 0 Å². The van der Waals surface area contributed by atoms with Crippen molar-refractivity contribution in [1.29, 1.82) is 0 Å². The van der Waals surface area contributed by atoms with Crippen LogP contribution in [0.4, 0.5) is 0 Å². The van der Waals surface area contributed by atoms with Gasteiger partial charge in [0.2, 0.25) is 0 Å². The predicted molar refractivity (Wildman–Crippen MR) is 82.6 cm³/mol. The maximum Gasteiger partial charge on any atom is 0.0757 e. The highest BCUT2D eigenvalue weighted by atomic mass is 16.5. The Morgan fingerprint density at radius 3 is 2.53 bits per heavy atom.